The van der Waals surface area contributed by atoms with Crippen molar-refractivity contribution in [3.05, 3.63) is 24.0 Å². The number of hydrogen-bond acceptors (Lipinski definition) is 3. The predicted octanol–water partition coefficient (Wildman–Crippen LogP) is 3.13. The molecule has 6 heteroatoms. The van der Waals surface area contributed by atoms with Gasteiger partial charge in [-0.15, -0.1) is 0 Å². The van der Waals surface area contributed by atoms with E-state index in [1.165, 1.54) is 25.0 Å². The molecule has 5 nitrogen and oxygen atoms in total. The molecule has 0 unspecified atom stereocenters. The Hall–Kier alpha value is -1.82. The minimum Gasteiger partial charge on any atom is -0.491 e. The van der Waals surface area contributed by atoms with Gasteiger partial charge >= 0.3 is 6.03 Å². The van der Waals surface area contributed by atoms with Crippen molar-refractivity contribution in [2.75, 3.05) is 11.9 Å². The average Bonchev–Trinajstić information content (AvgIpc) is 3.31. The second kappa shape index (κ2) is 6.24. The first kappa shape index (κ1) is 15.7. The molecule has 1 aromatic rings. The molecule has 1 aromatic carbocycles. The minimum atomic E-state index is -0.402. The maximum Gasteiger partial charge on any atom is 0.322 e. The maximum atomic E-state index is 13.6. The number of aliphatic hydroxyl groups is 1. The van der Waals surface area contributed by atoms with Crippen LogP contribution in [0.1, 0.15) is 38.5 Å². The number of aliphatic hydroxyl groups excluding tert-OH is 1. The number of carbonyl (C=O) groups excluding carboxylic acids is 1. The van der Waals surface area contributed by atoms with E-state index in [2.05, 4.69) is 5.32 Å². The second-order valence-corrected chi connectivity index (χ2v) is 7.24. The van der Waals surface area contributed by atoms with E-state index in [1.807, 2.05) is 4.90 Å². The van der Waals surface area contributed by atoms with Crippen molar-refractivity contribution in [2.24, 2.45) is 5.92 Å². The molecule has 2 bridgehead atoms. The Bertz CT molecular complexity index is 621. The van der Waals surface area contributed by atoms with E-state index in [1.54, 1.807) is 6.07 Å². The van der Waals surface area contributed by atoms with Crippen LogP contribution in [0.25, 0.3) is 0 Å². The Morgan fingerprint density at radius 2 is 1.96 bits per heavy atom. The van der Waals surface area contributed by atoms with Crippen molar-refractivity contribution in [2.45, 2.75) is 56.7 Å². The Morgan fingerprint density at radius 3 is 2.62 bits per heavy atom. The van der Waals surface area contributed by atoms with Gasteiger partial charge in [0, 0.05) is 18.2 Å². The van der Waals surface area contributed by atoms with Gasteiger partial charge in [-0.05, 0) is 56.6 Å². The van der Waals surface area contributed by atoms with Crippen LogP contribution in [-0.4, -0.2) is 40.8 Å². The molecule has 2 amide bonds. The van der Waals surface area contributed by atoms with Crippen LogP contribution in [0.15, 0.2) is 18.2 Å². The zero-order valence-corrected chi connectivity index (χ0v) is 13.6. The molecule has 4 rings (SSSR count). The van der Waals surface area contributed by atoms with Crippen molar-refractivity contribution in [3.63, 3.8) is 0 Å². The molecule has 2 atom stereocenters. The van der Waals surface area contributed by atoms with E-state index in [0.29, 0.717) is 36.8 Å². The standard InChI is InChI=1S/C18H23FN2O3/c19-12-3-6-17(24-10-11-1-2-11)16(7-12)20-18(23)21-13-4-5-14(21)9-15(22)8-13/h3,6-7,11,13-15,22H,1-2,4-5,8-10H2,(H,20,23)/t13-,14-/m0/s1. The fraction of sp³-hybridized carbons (Fsp3) is 0.611. The third-order valence-electron chi connectivity index (χ3n) is 5.30. The first-order chi connectivity index (χ1) is 11.6. The lowest BCUT2D eigenvalue weighted by atomic mass is 10.0. The highest BCUT2D eigenvalue weighted by molar-refractivity contribution is 5.91. The zero-order valence-electron chi connectivity index (χ0n) is 13.6. The number of benzene rings is 1. The van der Waals surface area contributed by atoms with E-state index in [0.717, 1.165) is 12.8 Å². The fourth-order valence-electron chi connectivity index (χ4n) is 3.88. The third-order valence-corrected chi connectivity index (χ3v) is 5.30. The van der Waals surface area contributed by atoms with Gasteiger partial charge in [0.25, 0.3) is 0 Å². The van der Waals surface area contributed by atoms with Gasteiger partial charge in [-0.25, -0.2) is 9.18 Å². The molecule has 0 aromatic heterocycles. The molecule has 2 aliphatic heterocycles. The number of amides is 2. The molecule has 1 aliphatic carbocycles. The number of halogens is 1. The molecule has 2 N–H and O–H groups in total. The number of nitrogens with zero attached hydrogens (tertiary/aromatic N) is 1. The van der Waals surface area contributed by atoms with Gasteiger partial charge in [0.2, 0.25) is 0 Å². The highest BCUT2D eigenvalue weighted by Crippen LogP contribution is 2.37. The SMILES string of the molecule is O=C(Nc1cc(F)ccc1OCC1CC1)N1[C@H]2CC[C@H]1CC(O)C2. The molecule has 2 saturated heterocycles. The summed E-state index contributed by atoms with van der Waals surface area (Å²) in [6.07, 6.45) is 5.10. The van der Waals surface area contributed by atoms with E-state index < -0.39 is 5.82 Å². The first-order valence-electron chi connectivity index (χ1n) is 8.80. The predicted molar refractivity (Wildman–Crippen MR) is 87.5 cm³/mol. The Kier molecular flexibility index (Phi) is 4.08. The van der Waals surface area contributed by atoms with Crippen LogP contribution in [0.4, 0.5) is 14.9 Å². The highest BCUT2D eigenvalue weighted by atomic mass is 19.1. The van der Waals surface area contributed by atoms with Gasteiger partial charge in [-0.3, -0.25) is 0 Å². The lowest BCUT2D eigenvalue weighted by Gasteiger charge is -2.37. The Balaban J connectivity index is 1.47. The summed E-state index contributed by atoms with van der Waals surface area (Å²) in [6.45, 7) is 0.607. The summed E-state index contributed by atoms with van der Waals surface area (Å²) < 4.78 is 19.4. The van der Waals surface area contributed by atoms with Gasteiger partial charge in [0.05, 0.1) is 18.4 Å². The first-order valence-corrected chi connectivity index (χ1v) is 8.80. The summed E-state index contributed by atoms with van der Waals surface area (Å²) in [5.74, 6) is 0.695. The van der Waals surface area contributed by atoms with Crippen molar-refractivity contribution in [3.8, 4) is 5.75 Å². The summed E-state index contributed by atoms with van der Waals surface area (Å²) in [5.41, 5.74) is 0.381. The molecule has 0 radical (unpaired) electrons. The number of urea groups is 1. The molecule has 1 saturated carbocycles. The van der Waals surface area contributed by atoms with Crippen molar-refractivity contribution >= 4 is 11.7 Å². The molecule has 3 aliphatic rings. The molecule has 3 fully saturated rings. The van der Waals surface area contributed by atoms with Gasteiger partial charge in [-0.1, -0.05) is 0 Å². The van der Waals surface area contributed by atoms with Crippen LogP contribution in [0.3, 0.4) is 0 Å². The van der Waals surface area contributed by atoms with Crippen molar-refractivity contribution in [1.82, 2.24) is 4.90 Å². The maximum absolute atomic E-state index is 13.6. The summed E-state index contributed by atoms with van der Waals surface area (Å²) in [5, 5.41) is 12.7. The number of fused-ring (bicyclic) bond motifs is 2. The Morgan fingerprint density at radius 1 is 1.25 bits per heavy atom. The summed E-state index contributed by atoms with van der Waals surface area (Å²) in [6, 6.07) is 4.14. The molecular weight excluding hydrogens is 311 g/mol. The number of ether oxygens (including phenoxy) is 1. The van der Waals surface area contributed by atoms with Gasteiger partial charge in [-0.2, -0.15) is 0 Å². The third kappa shape index (κ3) is 3.20. The number of anilines is 1. The van der Waals surface area contributed by atoms with E-state index >= 15 is 0 Å². The normalized spacial score (nSPS) is 28.8. The summed E-state index contributed by atoms with van der Waals surface area (Å²) in [4.78, 5) is 14.5. The second-order valence-electron chi connectivity index (χ2n) is 7.24. The largest absolute Gasteiger partial charge is 0.491 e. The van der Waals surface area contributed by atoms with Gasteiger partial charge in [0.1, 0.15) is 11.6 Å². The highest BCUT2D eigenvalue weighted by Gasteiger charge is 2.42. The molecule has 0 spiro atoms. The minimum absolute atomic E-state index is 0.0724. The summed E-state index contributed by atoms with van der Waals surface area (Å²) >= 11 is 0. The molecule has 2 heterocycles. The number of hydrogen-bond donors (Lipinski definition) is 2. The fourth-order valence-corrected chi connectivity index (χ4v) is 3.88. The van der Waals surface area contributed by atoms with Gasteiger partial charge < -0.3 is 20.1 Å². The monoisotopic (exact) mass is 334 g/mol. The zero-order chi connectivity index (χ0) is 16.7. The molecular formula is C18H23FN2O3. The van der Waals surface area contributed by atoms with E-state index in [-0.39, 0.29) is 24.2 Å². The van der Waals surface area contributed by atoms with Crippen molar-refractivity contribution < 1.29 is 19.0 Å². The number of nitrogens with one attached hydrogen (secondary N) is 1. The Labute approximate surface area is 140 Å². The van der Waals surface area contributed by atoms with Crippen LogP contribution in [0.5, 0.6) is 5.75 Å². The lowest BCUT2D eigenvalue weighted by molar-refractivity contribution is 0.0580. The van der Waals surface area contributed by atoms with Crippen LogP contribution >= 0.6 is 0 Å². The van der Waals surface area contributed by atoms with Crippen LogP contribution in [-0.2, 0) is 0 Å². The average molecular weight is 334 g/mol. The van der Waals surface area contributed by atoms with E-state index in [4.69, 9.17) is 4.74 Å². The molecule has 24 heavy (non-hydrogen) atoms. The number of rotatable bonds is 4. The molecule has 130 valence electrons. The van der Waals surface area contributed by atoms with Crippen molar-refractivity contribution in [1.29, 1.82) is 0 Å². The van der Waals surface area contributed by atoms with E-state index in [9.17, 15) is 14.3 Å². The number of carbonyl (C=O) groups is 1. The smallest absolute Gasteiger partial charge is 0.322 e. The van der Waals surface area contributed by atoms with Crippen LogP contribution in [0, 0.1) is 11.7 Å². The topological polar surface area (TPSA) is 61.8 Å². The lowest BCUT2D eigenvalue weighted by Crippen LogP contribution is -2.49. The van der Waals surface area contributed by atoms with Crippen LogP contribution < -0.4 is 10.1 Å². The summed E-state index contributed by atoms with van der Waals surface area (Å²) in [7, 11) is 0. The quantitative estimate of drug-likeness (QED) is 0.889. The van der Waals surface area contributed by atoms with Gasteiger partial charge in [0.15, 0.2) is 0 Å². The number of piperidine rings is 1. The van der Waals surface area contributed by atoms with Crippen LogP contribution in [0.2, 0.25) is 0 Å².